The molecular formula is C15H25N3OS. The first-order valence-electron chi connectivity index (χ1n) is 7.25. The SMILES string of the molecule is CC(C)(N)CCC(=O)N1CCN(Cc2cccs2)CC1. The van der Waals surface area contributed by atoms with Gasteiger partial charge in [-0.05, 0) is 31.7 Å². The lowest BCUT2D eigenvalue weighted by Gasteiger charge is -2.35. The van der Waals surface area contributed by atoms with E-state index in [1.165, 1.54) is 4.88 Å². The molecular weight excluding hydrogens is 270 g/mol. The van der Waals surface area contributed by atoms with E-state index in [1.54, 1.807) is 11.3 Å². The highest BCUT2D eigenvalue weighted by Crippen LogP contribution is 2.15. The number of nitrogens with zero attached hydrogens (tertiary/aromatic N) is 2. The summed E-state index contributed by atoms with van der Waals surface area (Å²) in [7, 11) is 0. The minimum Gasteiger partial charge on any atom is -0.340 e. The van der Waals surface area contributed by atoms with Gasteiger partial charge in [-0.3, -0.25) is 9.69 Å². The molecule has 1 aromatic heterocycles. The molecule has 4 nitrogen and oxygen atoms in total. The largest absolute Gasteiger partial charge is 0.340 e. The second-order valence-corrected chi connectivity index (χ2v) is 7.26. The smallest absolute Gasteiger partial charge is 0.222 e. The third-order valence-electron chi connectivity index (χ3n) is 3.67. The Morgan fingerprint density at radius 2 is 2.05 bits per heavy atom. The molecule has 1 aliphatic rings. The van der Waals surface area contributed by atoms with Crippen molar-refractivity contribution in [2.24, 2.45) is 5.73 Å². The van der Waals surface area contributed by atoms with Crippen LogP contribution in [0.25, 0.3) is 0 Å². The highest BCUT2D eigenvalue weighted by atomic mass is 32.1. The van der Waals surface area contributed by atoms with Gasteiger partial charge in [0, 0.05) is 49.6 Å². The summed E-state index contributed by atoms with van der Waals surface area (Å²) in [5.41, 5.74) is 5.68. The van der Waals surface area contributed by atoms with Crippen molar-refractivity contribution < 1.29 is 4.79 Å². The first-order valence-corrected chi connectivity index (χ1v) is 8.13. The average molecular weight is 295 g/mol. The van der Waals surface area contributed by atoms with Crippen LogP contribution in [0.3, 0.4) is 0 Å². The van der Waals surface area contributed by atoms with Crippen molar-refractivity contribution in [3.8, 4) is 0 Å². The number of hydrogen-bond acceptors (Lipinski definition) is 4. The Bertz CT molecular complexity index is 417. The molecule has 5 heteroatoms. The van der Waals surface area contributed by atoms with Crippen LogP contribution in [0, 0.1) is 0 Å². The summed E-state index contributed by atoms with van der Waals surface area (Å²) in [5, 5.41) is 2.11. The van der Waals surface area contributed by atoms with Crippen molar-refractivity contribution >= 4 is 17.2 Å². The Balaban J connectivity index is 1.72. The molecule has 1 aromatic rings. The Hall–Kier alpha value is -0.910. The lowest BCUT2D eigenvalue weighted by atomic mass is 9.99. The lowest BCUT2D eigenvalue weighted by Crippen LogP contribution is -2.48. The molecule has 112 valence electrons. The third-order valence-corrected chi connectivity index (χ3v) is 4.53. The fourth-order valence-electron chi connectivity index (χ4n) is 2.37. The van der Waals surface area contributed by atoms with E-state index in [9.17, 15) is 4.79 Å². The number of carbonyl (C=O) groups is 1. The molecule has 1 fully saturated rings. The summed E-state index contributed by atoms with van der Waals surface area (Å²) in [6.45, 7) is 8.57. The van der Waals surface area contributed by atoms with E-state index < -0.39 is 0 Å². The summed E-state index contributed by atoms with van der Waals surface area (Å²) >= 11 is 1.80. The molecule has 2 rings (SSSR count). The molecule has 1 aliphatic heterocycles. The summed E-state index contributed by atoms with van der Waals surface area (Å²) in [5.74, 6) is 0.249. The molecule has 2 heterocycles. The Kier molecular flexibility index (Phi) is 5.18. The predicted molar refractivity (Wildman–Crippen MR) is 83.7 cm³/mol. The maximum Gasteiger partial charge on any atom is 0.222 e. The Morgan fingerprint density at radius 3 is 2.60 bits per heavy atom. The monoisotopic (exact) mass is 295 g/mol. The van der Waals surface area contributed by atoms with Gasteiger partial charge < -0.3 is 10.6 Å². The number of thiophene rings is 1. The van der Waals surface area contributed by atoms with Crippen LogP contribution in [-0.2, 0) is 11.3 Å². The van der Waals surface area contributed by atoms with Crippen LogP contribution in [0.1, 0.15) is 31.6 Å². The van der Waals surface area contributed by atoms with Crippen molar-refractivity contribution in [3.05, 3.63) is 22.4 Å². The molecule has 20 heavy (non-hydrogen) atoms. The van der Waals surface area contributed by atoms with Gasteiger partial charge in [0.15, 0.2) is 0 Å². The second kappa shape index (κ2) is 6.70. The fraction of sp³-hybridized carbons (Fsp3) is 0.667. The summed E-state index contributed by atoms with van der Waals surface area (Å²) in [6, 6.07) is 4.26. The number of hydrogen-bond donors (Lipinski definition) is 1. The van der Waals surface area contributed by atoms with Crippen molar-refractivity contribution in [2.75, 3.05) is 26.2 Å². The van der Waals surface area contributed by atoms with Crippen LogP contribution in [0.5, 0.6) is 0 Å². The zero-order valence-corrected chi connectivity index (χ0v) is 13.3. The molecule has 2 N–H and O–H groups in total. The lowest BCUT2D eigenvalue weighted by molar-refractivity contribution is -0.133. The van der Waals surface area contributed by atoms with Crippen molar-refractivity contribution in [2.45, 2.75) is 38.8 Å². The number of carbonyl (C=O) groups excluding carboxylic acids is 1. The van der Waals surface area contributed by atoms with Gasteiger partial charge in [0.05, 0.1) is 0 Å². The number of amides is 1. The van der Waals surface area contributed by atoms with Gasteiger partial charge in [-0.15, -0.1) is 11.3 Å². The van der Waals surface area contributed by atoms with Crippen LogP contribution in [0.4, 0.5) is 0 Å². The first-order chi connectivity index (χ1) is 9.44. The molecule has 0 aliphatic carbocycles. The maximum absolute atomic E-state index is 12.1. The van der Waals surface area contributed by atoms with Gasteiger partial charge >= 0.3 is 0 Å². The van der Waals surface area contributed by atoms with E-state index in [4.69, 9.17) is 5.73 Å². The molecule has 0 radical (unpaired) electrons. The maximum atomic E-state index is 12.1. The van der Waals surface area contributed by atoms with Gasteiger partial charge in [-0.1, -0.05) is 6.07 Å². The highest BCUT2D eigenvalue weighted by Gasteiger charge is 2.22. The third kappa shape index (κ3) is 4.89. The van der Waals surface area contributed by atoms with Gasteiger partial charge in [-0.25, -0.2) is 0 Å². The Labute approximate surface area is 125 Å². The van der Waals surface area contributed by atoms with Gasteiger partial charge in [0.2, 0.25) is 5.91 Å². The molecule has 0 unspecified atom stereocenters. The molecule has 0 atom stereocenters. The first kappa shape index (κ1) is 15.5. The van der Waals surface area contributed by atoms with Crippen molar-refractivity contribution in [3.63, 3.8) is 0 Å². The van der Waals surface area contributed by atoms with E-state index in [-0.39, 0.29) is 11.4 Å². The van der Waals surface area contributed by atoms with Crippen LogP contribution in [-0.4, -0.2) is 47.4 Å². The summed E-state index contributed by atoms with van der Waals surface area (Å²) in [4.78, 5) is 17.9. The molecule has 0 spiro atoms. The van der Waals surface area contributed by atoms with Crippen molar-refractivity contribution in [1.29, 1.82) is 0 Å². The quantitative estimate of drug-likeness (QED) is 0.903. The zero-order valence-electron chi connectivity index (χ0n) is 12.5. The Morgan fingerprint density at radius 1 is 1.35 bits per heavy atom. The standard InChI is InChI=1S/C15H25N3OS/c1-15(2,16)6-5-14(19)18-9-7-17(8-10-18)12-13-4-3-11-20-13/h3-4,11H,5-10,12,16H2,1-2H3. The van der Waals surface area contributed by atoms with E-state index in [0.717, 1.165) is 39.1 Å². The minimum absolute atomic E-state index is 0.249. The zero-order chi connectivity index (χ0) is 14.6. The van der Waals surface area contributed by atoms with E-state index in [1.807, 2.05) is 18.7 Å². The molecule has 0 saturated carbocycles. The number of rotatable bonds is 5. The van der Waals surface area contributed by atoms with E-state index in [2.05, 4.69) is 22.4 Å². The van der Waals surface area contributed by atoms with Gasteiger partial charge in [0.1, 0.15) is 0 Å². The second-order valence-electron chi connectivity index (χ2n) is 6.22. The summed E-state index contributed by atoms with van der Waals surface area (Å²) < 4.78 is 0. The molecule has 1 saturated heterocycles. The average Bonchev–Trinajstić information content (AvgIpc) is 2.89. The number of piperazine rings is 1. The highest BCUT2D eigenvalue weighted by molar-refractivity contribution is 7.09. The predicted octanol–water partition coefficient (Wildman–Crippen LogP) is 1.91. The fourth-order valence-corrected chi connectivity index (χ4v) is 3.11. The number of nitrogens with two attached hydrogens (primary N) is 1. The van der Waals surface area contributed by atoms with Crippen molar-refractivity contribution in [1.82, 2.24) is 9.80 Å². The van der Waals surface area contributed by atoms with E-state index in [0.29, 0.717) is 6.42 Å². The van der Waals surface area contributed by atoms with Crippen LogP contribution >= 0.6 is 11.3 Å². The molecule has 0 aromatic carbocycles. The van der Waals surface area contributed by atoms with Gasteiger partial charge in [0.25, 0.3) is 0 Å². The molecule has 0 bridgehead atoms. The van der Waals surface area contributed by atoms with Gasteiger partial charge in [-0.2, -0.15) is 0 Å². The minimum atomic E-state index is -0.253. The topological polar surface area (TPSA) is 49.6 Å². The van der Waals surface area contributed by atoms with Crippen LogP contribution in [0.2, 0.25) is 0 Å². The summed E-state index contributed by atoms with van der Waals surface area (Å²) in [6.07, 6.45) is 1.32. The normalized spacial score (nSPS) is 17.4. The molecule has 1 amide bonds. The van der Waals surface area contributed by atoms with Crippen LogP contribution in [0.15, 0.2) is 17.5 Å². The van der Waals surface area contributed by atoms with E-state index >= 15 is 0 Å². The van der Waals surface area contributed by atoms with Crippen LogP contribution < -0.4 is 5.73 Å².